The molecule has 108 valence electrons. The van der Waals surface area contributed by atoms with Crippen molar-refractivity contribution in [2.24, 2.45) is 0 Å². The summed E-state index contributed by atoms with van der Waals surface area (Å²) in [5, 5.41) is 6.83. The van der Waals surface area contributed by atoms with Gasteiger partial charge in [0.25, 0.3) is 5.91 Å². The maximum Gasteiger partial charge on any atom is 0.251 e. The molecule has 21 heavy (non-hydrogen) atoms. The van der Waals surface area contributed by atoms with E-state index in [0.29, 0.717) is 25.2 Å². The Kier molecular flexibility index (Phi) is 3.68. The van der Waals surface area contributed by atoms with Crippen LogP contribution in [-0.2, 0) is 17.9 Å². The largest absolute Gasteiger partial charge is 0.343 e. The molecule has 1 aromatic carbocycles. The molecule has 0 atom stereocenters. The van der Waals surface area contributed by atoms with E-state index in [1.165, 1.54) is 0 Å². The van der Waals surface area contributed by atoms with Crippen LogP contribution >= 0.6 is 0 Å². The van der Waals surface area contributed by atoms with Gasteiger partial charge in [-0.3, -0.25) is 14.3 Å². The Morgan fingerprint density at radius 2 is 1.95 bits per heavy atom. The fraction of sp³-hybridized carbons (Fsp3) is 0.267. The van der Waals surface area contributed by atoms with Gasteiger partial charge in [0.1, 0.15) is 0 Å². The molecule has 6 nitrogen and oxygen atoms in total. The molecular weight excluding hydrogens is 268 g/mol. The summed E-state index contributed by atoms with van der Waals surface area (Å²) in [6, 6.07) is 10.8. The highest BCUT2D eigenvalue weighted by molar-refractivity contribution is 5.96. The fourth-order valence-electron chi connectivity index (χ4n) is 2.36. The van der Waals surface area contributed by atoms with E-state index in [1.807, 2.05) is 16.8 Å². The van der Waals surface area contributed by atoms with E-state index in [0.717, 1.165) is 5.69 Å². The predicted octanol–water partition coefficient (Wildman–Crippen LogP) is 0.655. The van der Waals surface area contributed by atoms with Crippen molar-refractivity contribution in [3.05, 3.63) is 53.9 Å². The Hall–Kier alpha value is -2.63. The first-order valence-electron chi connectivity index (χ1n) is 6.86. The molecule has 0 unspecified atom stereocenters. The van der Waals surface area contributed by atoms with E-state index in [2.05, 4.69) is 10.4 Å². The molecule has 0 saturated carbocycles. The Morgan fingerprint density at radius 3 is 2.76 bits per heavy atom. The van der Waals surface area contributed by atoms with E-state index in [1.54, 1.807) is 35.4 Å². The molecule has 1 aromatic heterocycles. The van der Waals surface area contributed by atoms with Crippen LogP contribution in [0.2, 0.25) is 0 Å². The van der Waals surface area contributed by atoms with Crippen LogP contribution in [0.25, 0.3) is 0 Å². The van der Waals surface area contributed by atoms with Crippen LogP contribution in [0.15, 0.2) is 42.6 Å². The molecule has 0 radical (unpaired) electrons. The molecule has 2 amide bonds. The van der Waals surface area contributed by atoms with E-state index in [9.17, 15) is 9.59 Å². The second-order valence-corrected chi connectivity index (χ2v) is 4.91. The van der Waals surface area contributed by atoms with Crippen LogP contribution in [0.5, 0.6) is 0 Å². The number of nitrogens with one attached hydrogen (secondary N) is 1. The summed E-state index contributed by atoms with van der Waals surface area (Å²) >= 11 is 0. The molecule has 0 saturated heterocycles. The lowest BCUT2D eigenvalue weighted by Crippen LogP contribution is -2.43. The van der Waals surface area contributed by atoms with Gasteiger partial charge in [-0.15, -0.1) is 0 Å². The number of nitrogens with zero attached hydrogens (tertiary/aromatic N) is 3. The van der Waals surface area contributed by atoms with E-state index in [4.69, 9.17) is 0 Å². The number of hydrogen-bond donors (Lipinski definition) is 1. The Balaban J connectivity index is 1.54. The van der Waals surface area contributed by atoms with Gasteiger partial charge in [0.05, 0.1) is 25.3 Å². The SMILES string of the molecule is O=C(NCC(=O)N1CCn2nccc2C1)c1ccccc1. The number of amides is 2. The minimum atomic E-state index is -0.231. The zero-order chi connectivity index (χ0) is 14.7. The van der Waals surface area contributed by atoms with Crippen molar-refractivity contribution in [1.82, 2.24) is 20.0 Å². The number of carbonyl (C=O) groups is 2. The first-order valence-corrected chi connectivity index (χ1v) is 6.86. The number of carbonyl (C=O) groups excluding carboxylic acids is 2. The molecule has 2 aromatic rings. The number of benzene rings is 1. The number of aromatic nitrogens is 2. The normalized spacial score (nSPS) is 13.6. The van der Waals surface area contributed by atoms with Crippen LogP contribution in [0.4, 0.5) is 0 Å². The maximum absolute atomic E-state index is 12.1. The molecular formula is C15H16N4O2. The van der Waals surface area contributed by atoms with Crippen molar-refractivity contribution >= 4 is 11.8 Å². The third kappa shape index (κ3) is 2.94. The van der Waals surface area contributed by atoms with E-state index < -0.39 is 0 Å². The standard InChI is InChI=1S/C15H16N4O2/c20-14(10-16-15(21)12-4-2-1-3-5-12)18-8-9-19-13(11-18)6-7-17-19/h1-7H,8-11H2,(H,16,21). The third-order valence-electron chi connectivity index (χ3n) is 3.53. The number of rotatable bonds is 3. The summed E-state index contributed by atoms with van der Waals surface area (Å²) in [5.74, 6) is -0.308. The molecule has 1 N–H and O–H groups in total. The van der Waals surface area contributed by atoms with Crippen LogP contribution in [0, 0.1) is 0 Å². The zero-order valence-electron chi connectivity index (χ0n) is 11.5. The van der Waals surface area contributed by atoms with Crippen LogP contribution in [0.1, 0.15) is 16.1 Å². The van der Waals surface area contributed by atoms with Gasteiger partial charge >= 0.3 is 0 Å². The number of fused-ring (bicyclic) bond motifs is 1. The molecule has 1 aliphatic heterocycles. The fourth-order valence-corrected chi connectivity index (χ4v) is 2.36. The van der Waals surface area contributed by atoms with Gasteiger partial charge in [0.15, 0.2) is 0 Å². The molecule has 0 spiro atoms. The lowest BCUT2D eigenvalue weighted by molar-refractivity contribution is -0.131. The van der Waals surface area contributed by atoms with Crippen molar-refractivity contribution in [3.63, 3.8) is 0 Å². The van der Waals surface area contributed by atoms with Crippen molar-refractivity contribution in [2.75, 3.05) is 13.1 Å². The molecule has 6 heteroatoms. The second kappa shape index (κ2) is 5.78. The quantitative estimate of drug-likeness (QED) is 0.900. The molecule has 1 aliphatic rings. The minimum Gasteiger partial charge on any atom is -0.343 e. The van der Waals surface area contributed by atoms with Gasteiger partial charge in [-0.25, -0.2) is 0 Å². The summed E-state index contributed by atoms with van der Waals surface area (Å²) in [7, 11) is 0. The maximum atomic E-state index is 12.1. The van der Waals surface area contributed by atoms with Gasteiger partial charge in [-0.05, 0) is 18.2 Å². The molecule has 0 fully saturated rings. The van der Waals surface area contributed by atoms with Crippen molar-refractivity contribution < 1.29 is 9.59 Å². The molecule has 3 rings (SSSR count). The lowest BCUT2D eigenvalue weighted by Gasteiger charge is -2.27. The monoisotopic (exact) mass is 284 g/mol. The summed E-state index contributed by atoms with van der Waals surface area (Å²) in [6.07, 6.45) is 1.74. The highest BCUT2D eigenvalue weighted by Gasteiger charge is 2.21. The molecule has 0 aliphatic carbocycles. The highest BCUT2D eigenvalue weighted by Crippen LogP contribution is 2.10. The summed E-state index contributed by atoms with van der Waals surface area (Å²) < 4.78 is 1.90. The third-order valence-corrected chi connectivity index (χ3v) is 3.53. The summed E-state index contributed by atoms with van der Waals surface area (Å²) in [6.45, 7) is 1.87. The van der Waals surface area contributed by atoms with Crippen LogP contribution in [-0.4, -0.2) is 39.6 Å². The van der Waals surface area contributed by atoms with Gasteiger partial charge < -0.3 is 10.2 Å². The van der Waals surface area contributed by atoms with Crippen molar-refractivity contribution in [1.29, 1.82) is 0 Å². The molecule has 0 bridgehead atoms. The first-order chi connectivity index (χ1) is 10.2. The summed E-state index contributed by atoms with van der Waals surface area (Å²) in [4.78, 5) is 25.8. The lowest BCUT2D eigenvalue weighted by atomic mass is 10.2. The zero-order valence-corrected chi connectivity index (χ0v) is 11.5. The van der Waals surface area contributed by atoms with Gasteiger partial charge in [-0.2, -0.15) is 5.10 Å². The smallest absolute Gasteiger partial charge is 0.251 e. The van der Waals surface area contributed by atoms with Crippen LogP contribution in [0.3, 0.4) is 0 Å². The van der Waals surface area contributed by atoms with Crippen molar-refractivity contribution in [3.8, 4) is 0 Å². The average Bonchev–Trinajstić information content (AvgIpc) is 3.00. The Labute approximate surface area is 122 Å². The Bertz CT molecular complexity index is 651. The summed E-state index contributed by atoms with van der Waals surface area (Å²) in [5.41, 5.74) is 1.58. The average molecular weight is 284 g/mol. The highest BCUT2D eigenvalue weighted by atomic mass is 16.2. The van der Waals surface area contributed by atoms with Gasteiger partial charge in [0, 0.05) is 18.3 Å². The topological polar surface area (TPSA) is 67.2 Å². The second-order valence-electron chi connectivity index (χ2n) is 4.91. The minimum absolute atomic E-state index is 0.0157. The van der Waals surface area contributed by atoms with Crippen molar-refractivity contribution in [2.45, 2.75) is 13.1 Å². The van der Waals surface area contributed by atoms with Gasteiger partial charge in [0.2, 0.25) is 5.91 Å². The number of hydrogen-bond acceptors (Lipinski definition) is 3. The molecule has 2 heterocycles. The van der Waals surface area contributed by atoms with E-state index >= 15 is 0 Å². The van der Waals surface area contributed by atoms with E-state index in [-0.39, 0.29) is 18.4 Å². The Morgan fingerprint density at radius 1 is 1.14 bits per heavy atom. The first kappa shape index (κ1) is 13.4. The van der Waals surface area contributed by atoms with Crippen LogP contribution < -0.4 is 5.32 Å². The van der Waals surface area contributed by atoms with Gasteiger partial charge in [-0.1, -0.05) is 18.2 Å². The predicted molar refractivity (Wildman–Crippen MR) is 76.4 cm³/mol.